The molecule has 0 atom stereocenters. The highest BCUT2D eigenvalue weighted by Crippen LogP contribution is 2.56. The highest BCUT2D eigenvalue weighted by atomic mass is 16.3. The summed E-state index contributed by atoms with van der Waals surface area (Å²) in [6.45, 7) is 0. The number of fused-ring (bicyclic) bond motifs is 6. The van der Waals surface area contributed by atoms with Gasteiger partial charge < -0.3 is 9.32 Å². The quantitative estimate of drug-likeness (QED) is 0.178. The fourth-order valence-electron chi connectivity index (χ4n) is 8.36. The van der Waals surface area contributed by atoms with Gasteiger partial charge in [0, 0.05) is 22.1 Å². The van der Waals surface area contributed by atoms with Crippen molar-refractivity contribution in [2.45, 2.75) is 5.41 Å². The third-order valence-corrected chi connectivity index (χ3v) is 10.5. The fourth-order valence-corrected chi connectivity index (χ4v) is 8.36. The Kier molecular flexibility index (Phi) is 6.75. The lowest BCUT2D eigenvalue weighted by Gasteiger charge is -2.33. The predicted molar refractivity (Wildman–Crippen MR) is 211 cm³/mol. The first-order valence-corrected chi connectivity index (χ1v) is 17.5. The van der Waals surface area contributed by atoms with Gasteiger partial charge in [0.05, 0.1) is 11.1 Å². The Hall–Kier alpha value is -6.64. The Labute approximate surface area is 297 Å². The minimum Gasteiger partial charge on any atom is -0.454 e. The van der Waals surface area contributed by atoms with Gasteiger partial charge in [-0.1, -0.05) is 158 Å². The molecule has 2 nitrogen and oxygen atoms in total. The Morgan fingerprint density at radius 2 is 0.980 bits per heavy atom. The maximum atomic E-state index is 6.88. The van der Waals surface area contributed by atoms with E-state index in [0.717, 1.165) is 39.0 Å². The molecule has 0 bridgehead atoms. The monoisotopic (exact) mass is 651 g/mol. The highest BCUT2D eigenvalue weighted by molar-refractivity contribution is 6.11. The van der Waals surface area contributed by atoms with Crippen molar-refractivity contribution in [2.24, 2.45) is 0 Å². The second-order valence-electron chi connectivity index (χ2n) is 13.3. The van der Waals surface area contributed by atoms with Gasteiger partial charge in [0.1, 0.15) is 5.58 Å². The van der Waals surface area contributed by atoms with Crippen molar-refractivity contribution < 1.29 is 4.42 Å². The number of hydrogen-bond donors (Lipinski definition) is 0. The Morgan fingerprint density at radius 3 is 1.71 bits per heavy atom. The van der Waals surface area contributed by atoms with Crippen molar-refractivity contribution in [3.8, 4) is 22.3 Å². The van der Waals surface area contributed by atoms with E-state index in [1.165, 1.54) is 44.5 Å². The molecule has 0 fully saturated rings. The second-order valence-corrected chi connectivity index (χ2v) is 13.3. The Bertz CT molecular complexity index is 2650. The molecule has 10 rings (SSSR count). The number of nitrogens with zero attached hydrogens (tertiary/aromatic N) is 1. The van der Waals surface area contributed by atoms with Gasteiger partial charge in [-0.25, -0.2) is 0 Å². The first-order valence-electron chi connectivity index (χ1n) is 17.5. The minimum absolute atomic E-state index is 0.474. The maximum absolute atomic E-state index is 6.88. The number of anilines is 3. The van der Waals surface area contributed by atoms with Gasteiger partial charge in [-0.2, -0.15) is 0 Å². The predicted octanol–water partition coefficient (Wildman–Crippen LogP) is 13.1. The van der Waals surface area contributed by atoms with Gasteiger partial charge >= 0.3 is 0 Å². The molecule has 9 aromatic rings. The molecule has 0 unspecified atom stereocenters. The molecule has 0 saturated carbocycles. The summed E-state index contributed by atoms with van der Waals surface area (Å²) in [5.41, 5.74) is 14.4. The van der Waals surface area contributed by atoms with Gasteiger partial charge in [-0.05, 0) is 87.0 Å². The average Bonchev–Trinajstić information content (AvgIpc) is 3.73. The Morgan fingerprint density at radius 1 is 0.392 bits per heavy atom. The van der Waals surface area contributed by atoms with Gasteiger partial charge in [0.25, 0.3) is 0 Å². The van der Waals surface area contributed by atoms with Gasteiger partial charge in [0.15, 0.2) is 5.58 Å². The molecule has 0 radical (unpaired) electrons. The molecule has 1 aromatic heterocycles. The van der Waals surface area contributed by atoms with E-state index >= 15 is 0 Å². The molecular weight excluding hydrogens is 619 g/mol. The van der Waals surface area contributed by atoms with Crippen LogP contribution < -0.4 is 4.90 Å². The molecule has 51 heavy (non-hydrogen) atoms. The van der Waals surface area contributed by atoms with Crippen molar-refractivity contribution in [1.29, 1.82) is 0 Å². The van der Waals surface area contributed by atoms with Crippen molar-refractivity contribution in [1.82, 2.24) is 0 Å². The van der Waals surface area contributed by atoms with Crippen LogP contribution in [-0.2, 0) is 5.41 Å². The van der Waals surface area contributed by atoms with E-state index in [4.69, 9.17) is 4.42 Å². The van der Waals surface area contributed by atoms with Crippen LogP contribution in [0.1, 0.15) is 22.3 Å². The van der Waals surface area contributed by atoms with Crippen LogP contribution in [0, 0.1) is 0 Å². The van der Waals surface area contributed by atoms with E-state index in [2.05, 4.69) is 205 Å². The van der Waals surface area contributed by atoms with Crippen LogP contribution in [0.3, 0.4) is 0 Å². The molecule has 2 heteroatoms. The average molecular weight is 652 g/mol. The van der Waals surface area contributed by atoms with Crippen LogP contribution in [-0.4, -0.2) is 0 Å². The van der Waals surface area contributed by atoms with E-state index in [1.807, 2.05) is 0 Å². The second kappa shape index (κ2) is 11.8. The van der Waals surface area contributed by atoms with Gasteiger partial charge in [-0.15, -0.1) is 0 Å². The molecule has 0 N–H and O–H groups in total. The summed E-state index contributed by atoms with van der Waals surface area (Å²) in [4.78, 5) is 2.31. The number of rotatable bonds is 6. The number of furan rings is 1. The van der Waals surface area contributed by atoms with E-state index in [9.17, 15) is 0 Å². The molecule has 1 aliphatic rings. The van der Waals surface area contributed by atoms with Gasteiger partial charge in [0.2, 0.25) is 0 Å². The number of hydrogen-bond acceptors (Lipinski definition) is 2. The van der Waals surface area contributed by atoms with E-state index in [-0.39, 0.29) is 0 Å². The zero-order chi connectivity index (χ0) is 33.8. The standard InChI is InChI=1S/C49H33NO/c1-4-16-34(17-5-1)35-18-14-23-39(32-35)50(38-21-8-3-9-22-38)46-29-15-26-42-43-33-37(30-31-47(43)51-48(42)46)49(36-19-6-2-7-20-36)44-27-12-10-24-40(44)41-25-11-13-28-45(41)49/h1-33H. The molecule has 240 valence electrons. The molecule has 8 aromatic carbocycles. The SMILES string of the molecule is c1ccc(-c2cccc(N(c3ccccc3)c3cccc4c3oc3ccc(C5(c6ccccc6)c6ccccc6-c6ccccc65)cc34)c2)cc1. The smallest absolute Gasteiger partial charge is 0.159 e. The third-order valence-electron chi connectivity index (χ3n) is 10.5. The van der Waals surface area contributed by atoms with E-state index < -0.39 is 5.41 Å². The summed E-state index contributed by atoms with van der Waals surface area (Å²) in [5, 5.41) is 2.19. The molecular formula is C49H33NO. The topological polar surface area (TPSA) is 16.4 Å². The lowest BCUT2D eigenvalue weighted by atomic mass is 9.67. The van der Waals surface area contributed by atoms with Crippen LogP contribution in [0.4, 0.5) is 17.1 Å². The Balaban J connectivity index is 1.21. The number of benzene rings is 8. The summed E-state index contributed by atoms with van der Waals surface area (Å²) < 4.78 is 6.88. The molecule has 0 spiro atoms. The highest BCUT2D eigenvalue weighted by Gasteiger charge is 2.46. The van der Waals surface area contributed by atoms with Crippen LogP contribution in [0.15, 0.2) is 205 Å². The maximum Gasteiger partial charge on any atom is 0.159 e. The molecule has 1 aliphatic carbocycles. The number of para-hydroxylation sites is 2. The van der Waals surface area contributed by atoms with Crippen LogP contribution >= 0.6 is 0 Å². The zero-order valence-electron chi connectivity index (χ0n) is 27.9. The first-order chi connectivity index (χ1) is 25.3. The van der Waals surface area contributed by atoms with Crippen molar-refractivity contribution in [2.75, 3.05) is 4.90 Å². The zero-order valence-corrected chi connectivity index (χ0v) is 27.9. The molecule has 0 saturated heterocycles. The lowest BCUT2D eigenvalue weighted by molar-refractivity contribution is 0.668. The van der Waals surface area contributed by atoms with Crippen molar-refractivity contribution in [3.63, 3.8) is 0 Å². The van der Waals surface area contributed by atoms with Crippen LogP contribution in [0.5, 0.6) is 0 Å². The van der Waals surface area contributed by atoms with E-state index in [0.29, 0.717) is 0 Å². The summed E-state index contributed by atoms with van der Waals surface area (Å²) in [6, 6.07) is 72.0. The summed E-state index contributed by atoms with van der Waals surface area (Å²) in [6.07, 6.45) is 0. The lowest BCUT2D eigenvalue weighted by Crippen LogP contribution is -2.28. The summed E-state index contributed by atoms with van der Waals surface area (Å²) >= 11 is 0. The van der Waals surface area contributed by atoms with E-state index in [1.54, 1.807) is 0 Å². The molecule has 1 heterocycles. The molecule has 0 amide bonds. The normalized spacial score (nSPS) is 12.9. The van der Waals surface area contributed by atoms with Crippen LogP contribution in [0.2, 0.25) is 0 Å². The summed E-state index contributed by atoms with van der Waals surface area (Å²) in [5.74, 6) is 0. The first kappa shape index (κ1) is 29.3. The fraction of sp³-hybridized carbons (Fsp3) is 0.0204. The molecule has 0 aliphatic heterocycles. The minimum atomic E-state index is -0.474. The van der Waals surface area contributed by atoms with Crippen molar-refractivity contribution in [3.05, 3.63) is 222 Å². The van der Waals surface area contributed by atoms with Crippen molar-refractivity contribution >= 4 is 39.0 Å². The largest absolute Gasteiger partial charge is 0.454 e. The van der Waals surface area contributed by atoms with Crippen LogP contribution in [0.25, 0.3) is 44.2 Å². The van der Waals surface area contributed by atoms with Gasteiger partial charge in [-0.3, -0.25) is 0 Å². The summed E-state index contributed by atoms with van der Waals surface area (Å²) in [7, 11) is 0. The third kappa shape index (κ3) is 4.50.